The number of hydrogen-bond acceptors (Lipinski definition) is 3. The van der Waals surface area contributed by atoms with Crippen LogP contribution in [0.5, 0.6) is 5.75 Å². The maximum Gasteiger partial charge on any atom is 0.251 e. The Bertz CT molecular complexity index is 685. The largest absolute Gasteiger partial charge is 0.496 e. The lowest BCUT2D eigenvalue weighted by atomic mass is 9.94. The zero-order valence-electron chi connectivity index (χ0n) is 14.5. The molecular weight excluding hydrogens is 302 g/mol. The van der Waals surface area contributed by atoms with Gasteiger partial charge in [0, 0.05) is 23.3 Å². The van der Waals surface area contributed by atoms with Gasteiger partial charge in [0.15, 0.2) is 0 Å². The van der Waals surface area contributed by atoms with Gasteiger partial charge in [0.2, 0.25) is 0 Å². The second-order valence-electron chi connectivity index (χ2n) is 6.12. The van der Waals surface area contributed by atoms with Crippen molar-refractivity contribution >= 4 is 5.91 Å². The van der Waals surface area contributed by atoms with Gasteiger partial charge in [-0.2, -0.15) is 0 Å². The van der Waals surface area contributed by atoms with Crippen molar-refractivity contribution in [3.05, 3.63) is 54.1 Å². The lowest BCUT2D eigenvalue weighted by Gasteiger charge is -2.29. The van der Waals surface area contributed by atoms with Gasteiger partial charge < -0.3 is 15.2 Å². The number of ether oxygens (including phenoxy) is 1. The number of nitrogens with one attached hydrogen (secondary N) is 1. The van der Waals surface area contributed by atoms with Crippen molar-refractivity contribution in [2.45, 2.75) is 32.2 Å². The van der Waals surface area contributed by atoms with Crippen LogP contribution in [0.1, 0.15) is 37.0 Å². The molecule has 4 heteroatoms. The zero-order valence-corrected chi connectivity index (χ0v) is 14.5. The Morgan fingerprint density at radius 2 is 1.92 bits per heavy atom. The highest BCUT2D eigenvalue weighted by atomic mass is 16.5. The Kier molecular flexibility index (Phi) is 5.99. The third-order valence-corrected chi connectivity index (χ3v) is 4.41. The maximum absolute atomic E-state index is 12.6. The first kappa shape index (κ1) is 18.0. The first-order chi connectivity index (χ1) is 11.5. The lowest BCUT2D eigenvalue weighted by molar-refractivity contribution is 0.0886. The molecular formula is C20H25NO3. The number of aliphatic hydroxyl groups excluding tert-OH is 1. The van der Waals surface area contributed by atoms with Gasteiger partial charge in [-0.15, -0.1) is 0 Å². The molecule has 0 saturated heterocycles. The number of aliphatic hydroxyl groups is 1. The standard InChI is InChI=1S/C20H25NO3/c1-4-20(2,12-13-22)21-19(23)16-10-11-18(24-3)17(14-16)15-8-6-5-7-9-15/h5-11,14,22H,4,12-13H2,1-3H3,(H,21,23). The summed E-state index contributed by atoms with van der Waals surface area (Å²) in [4.78, 5) is 12.6. The smallest absolute Gasteiger partial charge is 0.251 e. The molecule has 2 aromatic rings. The van der Waals surface area contributed by atoms with Crippen LogP contribution in [0.15, 0.2) is 48.5 Å². The molecule has 0 aliphatic rings. The SMILES string of the molecule is CCC(C)(CCO)NC(=O)c1ccc(OC)c(-c2ccccc2)c1. The van der Waals surface area contributed by atoms with Gasteiger partial charge in [-0.05, 0) is 43.5 Å². The molecule has 0 saturated carbocycles. The van der Waals surface area contributed by atoms with Crippen molar-refractivity contribution in [3.8, 4) is 16.9 Å². The number of rotatable bonds is 7. The van der Waals surface area contributed by atoms with Crippen molar-refractivity contribution in [2.75, 3.05) is 13.7 Å². The number of amides is 1. The van der Waals surface area contributed by atoms with E-state index >= 15 is 0 Å². The number of benzene rings is 2. The van der Waals surface area contributed by atoms with Gasteiger partial charge >= 0.3 is 0 Å². The van der Waals surface area contributed by atoms with E-state index in [4.69, 9.17) is 4.74 Å². The maximum atomic E-state index is 12.6. The predicted octanol–water partition coefficient (Wildman–Crippen LogP) is 3.64. The fourth-order valence-electron chi connectivity index (χ4n) is 2.61. The quantitative estimate of drug-likeness (QED) is 0.816. The summed E-state index contributed by atoms with van der Waals surface area (Å²) in [6.45, 7) is 3.99. The molecule has 0 heterocycles. The molecule has 2 N–H and O–H groups in total. The van der Waals surface area contributed by atoms with E-state index in [1.54, 1.807) is 13.2 Å². The van der Waals surface area contributed by atoms with E-state index < -0.39 is 5.54 Å². The number of carbonyl (C=O) groups is 1. The van der Waals surface area contributed by atoms with Crippen LogP contribution < -0.4 is 10.1 Å². The van der Waals surface area contributed by atoms with Crippen LogP contribution in [-0.2, 0) is 0 Å². The van der Waals surface area contributed by atoms with Gasteiger partial charge in [-0.25, -0.2) is 0 Å². The summed E-state index contributed by atoms with van der Waals surface area (Å²) < 4.78 is 5.43. The van der Waals surface area contributed by atoms with Gasteiger partial charge in [0.05, 0.1) is 7.11 Å². The molecule has 2 rings (SSSR count). The van der Waals surface area contributed by atoms with E-state index in [0.29, 0.717) is 12.0 Å². The fraction of sp³-hybridized carbons (Fsp3) is 0.350. The molecule has 0 aliphatic heterocycles. The van der Waals surface area contributed by atoms with E-state index in [-0.39, 0.29) is 12.5 Å². The summed E-state index contributed by atoms with van der Waals surface area (Å²) in [5, 5.41) is 12.2. The minimum Gasteiger partial charge on any atom is -0.496 e. The first-order valence-corrected chi connectivity index (χ1v) is 8.20. The summed E-state index contributed by atoms with van der Waals surface area (Å²) >= 11 is 0. The summed E-state index contributed by atoms with van der Waals surface area (Å²) in [5.74, 6) is 0.582. The minimum absolute atomic E-state index is 0.0441. The molecule has 0 bridgehead atoms. The molecule has 128 valence electrons. The topological polar surface area (TPSA) is 58.6 Å². The third-order valence-electron chi connectivity index (χ3n) is 4.41. The second kappa shape index (κ2) is 7.97. The van der Waals surface area contributed by atoms with Gasteiger partial charge in [-0.3, -0.25) is 4.79 Å². The number of methoxy groups -OCH3 is 1. The number of carbonyl (C=O) groups excluding carboxylic acids is 1. The van der Waals surface area contributed by atoms with Crippen LogP contribution in [-0.4, -0.2) is 30.3 Å². The van der Waals surface area contributed by atoms with Crippen LogP contribution >= 0.6 is 0 Å². The van der Waals surface area contributed by atoms with Crippen molar-refractivity contribution in [2.24, 2.45) is 0 Å². The first-order valence-electron chi connectivity index (χ1n) is 8.20. The summed E-state index contributed by atoms with van der Waals surface area (Å²) in [6, 6.07) is 15.3. The average Bonchev–Trinajstić information content (AvgIpc) is 2.62. The highest BCUT2D eigenvalue weighted by Gasteiger charge is 2.24. The molecule has 0 aromatic heterocycles. The molecule has 1 unspecified atom stereocenters. The Morgan fingerprint density at radius 1 is 1.21 bits per heavy atom. The van der Waals surface area contributed by atoms with E-state index in [1.165, 1.54) is 0 Å². The Hall–Kier alpha value is -2.33. The molecule has 0 spiro atoms. The minimum atomic E-state index is -0.418. The normalized spacial score (nSPS) is 13.2. The Morgan fingerprint density at radius 3 is 2.50 bits per heavy atom. The average molecular weight is 327 g/mol. The summed E-state index contributed by atoms with van der Waals surface area (Å²) in [7, 11) is 1.62. The molecule has 0 radical (unpaired) electrons. The zero-order chi connectivity index (χ0) is 17.6. The van der Waals surface area contributed by atoms with Gasteiger partial charge in [-0.1, -0.05) is 37.3 Å². The molecule has 1 amide bonds. The second-order valence-corrected chi connectivity index (χ2v) is 6.12. The summed E-state index contributed by atoms with van der Waals surface area (Å²) in [5.41, 5.74) is 2.04. The van der Waals surface area contributed by atoms with Gasteiger partial charge in [0.25, 0.3) is 5.91 Å². The molecule has 24 heavy (non-hydrogen) atoms. The fourth-order valence-corrected chi connectivity index (χ4v) is 2.61. The van der Waals surface area contributed by atoms with E-state index in [2.05, 4.69) is 5.32 Å². The van der Waals surface area contributed by atoms with Crippen LogP contribution in [0.4, 0.5) is 0 Å². The van der Waals surface area contributed by atoms with Crippen LogP contribution in [0.25, 0.3) is 11.1 Å². The summed E-state index contributed by atoms with van der Waals surface area (Å²) in [6.07, 6.45) is 1.28. The lowest BCUT2D eigenvalue weighted by Crippen LogP contribution is -2.46. The Balaban J connectivity index is 2.33. The van der Waals surface area contributed by atoms with Crippen LogP contribution in [0.2, 0.25) is 0 Å². The van der Waals surface area contributed by atoms with Crippen molar-refractivity contribution in [1.82, 2.24) is 5.32 Å². The van der Waals surface area contributed by atoms with E-state index in [9.17, 15) is 9.90 Å². The van der Waals surface area contributed by atoms with Gasteiger partial charge in [0.1, 0.15) is 5.75 Å². The van der Waals surface area contributed by atoms with Crippen molar-refractivity contribution in [1.29, 1.82) is 0 Å². The molecule has 0 aliphatic carbocycles. The Labute approximate surface area is 143 Å². The third kappa shape index (κ3) is 4.15. The highest BCUT2D eigenvalue weighted by molar-refractivity contribution is 5.96. The van der Waals surface area contributed by atoms with Crippen LogP contribution in [0.3, 0.4) is 0 Å². The molecule has 0 fully saturated rings. The number of hydrogen-bond donors (Lipinski definition) is 2. The molecule has 4 nitrogen and oxygen atoms in total. The predicted molar refractivity (Wildman–Crippen MR) is 96.3 cm³/mol. The van der Waals surface area contributed by atoms with Crippen LogP contribution in [0, 0.1) is 0 Å². The van der Waals surface area contributed by atoms with E-state index in [1.807, 2.05) is 56.3 Å². The molecule has 2 aromatic carbocycles. The molecule has 1 atom stereocenters. The van der Waals surface area contributed by atoms with Crippen molar-refractivity contribution in [3.63, 3.8) is 0 Å². The van der Waals surface area contributed by atoms with Crippen molar-refractivity contribution < 1.29 is 14.6 Å². The highest BCUT2D eigenvalue weighted by Crippen LogP contribution is 2.31. The van der Waals surface area contributed by atoms with E-state index in [0.717, 1.165) is 23.3 Å². The monoisotopic (exact) mass is 327 g/mol.